The van der Waals surface area contributed by atoms with Crippen LogP contribution in [0.5, 0.6) is 0 Å². The molecule has 0 unspecified atom stereocenters. The predicted octanol–water partition coefficient (Wildman–Crippen LogP) is -0.0881. The molecule has 7 heteroatoms. The molecule has 0 spiro atoms. The van der Waals surface area contributed by atoms with Gasteiger partial charge in [-0.1, -0.05) is 0 Å². The van der Waals surface area contributed by atoms with Crippen molar-refractivity contribution in [1.29, 1.82) is 0 Å². The molecule has 2 saturated heterocycles. The van der Waals surface area contributed by atoms with Gasteiger partial charge in [-0.2, -0.15) is 0 Å². The van der Waals surface area contributed by atoms with E-state index in [4.69, 9.17) is 0 Å². The van der Waals surface area contributed by atoms with Crippen molar-refractivity contribution in [3.63, 3.8) is 0 Å². The molecular formula is C18H40MoN6. The second-order valence-corrected chi connectivity index (χ2v) is 7.46. The molecule has 2 rings (SSSR count). The molecule has 0 bridgehead atoms. The van der Waals surface area contributed by atoms with E-state index < -0.39 is 0 Å². The van der Waals surface area contributed by atoms with Gasteiger partial charge in [-0.15, -0.1) is 13.1 Å². The summed E-state index contributed by atoms with van der Waals surface area (Å²) >= 11 is 0. The van der Waals surface area contributed by atoms with Gasteiger partial charge >= 0.3 is 21.1 Å². The molecule has 0 aromatic carbocycles. The Hall–Kier alpha value is 0.448. The van der Waals surface area contributed by atoms with Gasteiger partial charge in [0.1, 0.15) is 0 Å². The van der Waals surface area contributed by atoms with Gasteiger partial charge in [0.25, 0.3) is 0 Å². The first-order valence-electron chi connectivity index (χ1n) is 9.18. The Kier molecular flexibility index (Phi) is 14.8. The standard InChI is InChI=1S/2C9H20N3.Mo/c2*1-10-4-6-11(2)8-9-12(3)7-5-10;/h2*4H,5-9H2,1-3H3;/q2*-1;+2. The molecule has 0 aromatic rings. The van der Waals surface area contributed by atoms with Crippen molar-refractivity contribution in [2.24, 2.45) is 0 Å². The molecule has 0 saturated carbocycles. The molecule has 2 aliphatic heterocycles. The van der Waals surface area contributed by atoms with E-state index in [1.807, 2.05) is 0 Å². The van der Waals surface area contributed by atoms with Crippen molar-refractivity contribution in [3.05, 3.63) is 13.1 Å². The summed E-state index contributed by atoms with van der Waals surface area (Å²) in [6.07, 6.45) is 0. The van der Waals surface area contributed by atoms with Crippen LogP contribution in [0.1, 0.15) is 0 Å². The first-order valence-corrected chi connectivity index (χ1v) is 9.18. The Bertz CT molecular complexity index is 218. The molecule has 2 aliphatic rings. The Morgan fingerprint density at radius 2 is 0.720 bits per heavy atom. The van der Waals surface area contributed by atoms with Gasteiger partial charge in [0.05, 0.1) is 0 Å². The summed E-state index contributed by atoms with van der Waals surface area (Å²) in [6, 6.07) is 0. The normalized spacial score (nSPS) is 25.2. The fourth-order valence-corrected chi connectivity index (χ4v) is 2.49. The van der Waals surface area contributed by atoms with Gasteiger partial charge in [-0.05, 0) is 55.4 Å². The van der Waals surface area contributed by atoms with Crippen LogP contribution in [0.15, 0.2) is 0 Å². The van der Waals surface area contributed by atoms with Gasteiger partial charge in [0, 0.05) is 39.3 Å². The van der Waals surface area contributed by atoms with Crippen LogP contribution in [0.25, 0.3) is 0 Å². The summed E-state index contributed by atoms with van der Waals surface area (Å²) in [5.41, 5.74) is 0. The number of hydrogen-bond acceptors (Lipinski definition) is 6. The average Bonchev–Trinajstić information content (AvgIpc) is 2.68. The molecular weight excluding hydrogens is 396 g/mol. The number of rotatable bonds is 0. The molecule has 25 heavy (non-hydrogen) atoms. The fourth-order valence-electron chi connectivity index (χ4n) is 2.49. The molecule has 0 atom stereocenters. The van der Waals surface area contributed by atoms with Gasteiger partial charge in [-0.25, -0.2) is 0 Å². The zero-order valence-electron chi connectivity index (χ0n) is 17.3. The van der Waals surface area contributed by atoms with Crippen molar-refractivity contribution in [3.8, 4) is 0 Å². The minimum absolute atomic E-state index is 0. The van der Waals surface area contributed by atoms with E-state index in [1.54, 1.807) is 0 Å². The van der Waals surface area contributed by atoms with Crippen LogP contribution in [0.2, 0.25) is 0 Å². The van der Waals surface area contributed by atoms with Gasteiger partial charge in [0.2, 0.25) is 0 Å². The monoisotopic (exact) mass is 438 g/mol. The third-order valence-electron chi connectivity index (χ3n) is 4.81. The van der Waals surface area contributed by atoms with Gasteiger partial charge in [0.15, 0.2) is 0 Å². The Labute approximate surface area is 171 Å². The molecule has 148 valence electrons. The summed E-state index contributed by atoms with van der Waals surface area (Å²) < 4.78 is 0. The molecule has 0 amide bonds. The van der Waals surface area contributed by atoms with Crippen LogP contribution in [-0.4, -0.2) is 137 Å². The van der Waals surface area contributed by atoms with Crippen LogP contribution >= 0.6 is 0 Å². The van der Waals surface area contributed by atoms with Crippen LogP contribution in [-0.2, 0) is 21.1 Å². The Balaban J connectivity index is 0.000000443. The van der Waals surface area contributed by atoms with E-state index in [1.165, 1.54) is 39.3 Å². The summed E-state index contributed by atoms with van der Waals surface area (Å²) in [7, 11) is 13.0. The zero-order valence-corrected chi connectivity index (χ0v) is 19.3. The van der Waals surface area contributed by atoms with E-state index >= 15 is 0 Å². The topological polar surface area (TPSA) is 19.4 Å². The molecule has 0 radical (unpaired) electrons. The maximum Gasteiger partial charge on any atom is 2.00 e. The number of hydrogen-bond donors (Lipinski definition) is 0. The largest absolute Gasteiger partial charge is 2.00 e. The van der Waals surface area contributed by atoms with Crippen molar-refractivity contribution in [2.75, 3.05) is 108 Å². The van der Waals surface area contributed by atoms with Crippen LogP contribution in [0.3, 0.4) is 0 Å². The van der Waals surface area contributed by atoms with E-state index in [9.17, 15) is 0 Å². The third-order valence-corrected chi connectivity index (χ3v) is 4.81. The van der Waals surface area contributed by atoms with Crippen molar-refractivity contribution < 1.29 is 21.1 Å². The van der Waals surface area contributed by atoms with Crippen molar-refractivity contribution in [2.45, 2.75) is 0 Å². The summed E-state index contributed by atoms with van der Waals surface area (Å²) in [6.45, 7) is 16.0. The second kappa shape index (κ2) is 14.5. The van der Waals surface area contributed by atoms with Crippen LogP contribution in [0.4, 0.5) is 0 Å². The minimum atomic E-state index is 0. The predicted molar refractivity (Wildman–Crippen MR) is 104 cm³/mol. The maximum atomic E-state index is 2.38. The zero-order chi connectivity index (χ0) is 17.9. The van der Waals surface area contributed by atoms with Crippen LogP contribution < -0.4 is 0 Å². The van der Waals surface area contributed by atoms with E-state index in [0.717, 1.165) is 26.2 Å². The molecule has 0 aliphatic carbocycles. The van der Waals surface area contributed by atoms with Crippen molar-refractivity contribution in [1.82, 2.24) is 29.4 Å². The average molecular weight is 437 g/mol. The summed E-state index contributed by atoms with van der Waals surface area (Å²) in [4.78, 5) is 14.0. The molecule has 2 fully saturated rings. The van der Waals surface area contributed by atoms with E-state index in [-0.39, 0.29) is 21.1 Å². The maximum absolute atomic E-state index is 2.38. The quantitative estimate of drug-likeness (QED) is 0.388. The first-order chi connectivity index (χ1) is 11.4. The SMILES string of the molecule is CN1[CH-]CN(C)CCN(C)CC1.CN1[CH-]CN(C)CCN(C)CC1.[Mo+2]. The number of likely N-dealkylation sites (N-methyl/N-ethyl adjacent to an activating group) is 6. The minimum Gasteiger partial charge on any atom is -0.457 e. The summed E-state index contributed by atoms with van der Waals surface area (Å²) in [5.74, 6) is 0. The summed E-state index contributed by atoms with van der Waals surface area (Å²) in [5, 5.41) is 0. The van der Waals surface area contributed by atoms with Gasteiger partial charge < -0.3 is 29.4 Å². The second-order valence-electron chi connectivity index (χ2n) is 7.46. The smallest absolute Gasteiger partial charge is 0.457 e. The van der Waals surface area contributed by atoms with E-state index in [0.29, 0.717) is 0 Å². The number of nitrogens with zero attached hydrogens (tertiary/aromatic N) is 6. The molecule has 2 heterocycles. The van der Waals surface area contributed by atoms with E-state index in [2.05, 4.69) is 84.8 Å². The van der Waals surface area contributed by atoms with Crippen LogP contribution in [0, 0.1) is 13.1 Å². The molecule has 6 nitrogen and oxygen atoms in total. The fraction of sp³-hybridized carbons (Fsp3) is 0.889. The Morgan fingerprint density at radius 1 is 0.440 bits per heavy atom. The van der Waals surface area contributed by atoms with Gasteiger partial charge in [-0.3, -0.25) is 13.1 Å². The molecule has 0 aromatic heterocycles. The molecule has 0 N–H and O–H groups in total. The Morgan fingerprint density at radius 3 is 1.08 bits per heavy atom. The third kappa shape index (κ3) is 13.3. The first kappa shape index (κ1) is 25.4. The van der Waals surface area contributed by atoms with Crippen molar-refractivity contribution >= 4 is 0 Å².